The molecule has 1 unspecified atom stereocenters. The number of likely N-dealkylation sites (tertiary alicyclic amines) is 1. The maximum atomic E-state index is 13.5. The summed E-state index contributed by atoms with van der Waals surface area (Å²) < 4.78 is 16.5. The highest BCUT2D eigenvalue weighted by Crippen LogP contribution is 2.46. The Morgan fingerprint density at radius 1 is 1.00 bits per heavy atom. The minimum Gasteiger partial charge on any atom is -0.466 e. The Labute approximate surface area is 250 Å². The third kappa shape index (κ3) is 6.23. The van der Waals surface area contributed by atoms with Crippen molar-refractivity contribution in [1.82, 2.24) is 9.80 Å². The van der Waals surface area contributed by atoms with Crippen molar-refractivity contribution in [3.05, 3.63) is 82.5 Å². The molecule has 0 saturated carbocycles. The average molecular weight is 590 g/mol. The molecule has 3 aliphatic heterocycles. The fraction of sp³-hybridized carbons (Fsp3) is 0.375. The molecule has 1 fully saturated rings. The van der Waals surface area contributed by atoms with Crippen molar-refractivity contribution in [3.63, 3.8) is 0 Å². The molecule has 1 saturated heterocycles. The summed E-state index contributed by atoms with van der Waals surface area (Å²) in [6.07, 6.45) is 1.85. The number of para-hydroxylation sites is 1. The van der Waals surface area contributed by atoms with E-state index >= 15 is 0 Å². The molecule has 3 aliphatic rings. The summed E-state index contributed by atoms with van der Waals surface area (Å²) in [6, 6.07) is 16.6. The number of carbonyl (C=O) groups excluding carboxylic acids is 3. The van der Waals surface area contributed by atoms with Gasteiger partial charge in [0.15, 0.2) is 5.17 Å². The van der Waals surface area contributed by atoms with Crippen LogP contribution in [0.3, 0.4) is 0 Å². The number of hydrogen-bond acceptors (Lipinski definition) is 9. The predicted molar refractivity (Wildman–Crippen MR) is 161 cm³/mol. The van der Waals surface area contributed by atoms with Crippen LogP contribution < -0.4 is 4.74 Å². The van der Waals surface area contributed by atoms with Crippen molar-refractivity contribution >= 4 is 34.8 Å². The molecule has 0 N–H and O–H groups in total. The summed E-state index contributed by atoms with van der Waals surface area (Å²) in [4.78, 5) is 47.5. The standard InChI is InChI=1S/C32H35N3O6S/c1-4-26-28(31(38)39-3)29(22-10-9-13-25(18-22)41-24-11-7-6-8-12-24)35-23(20-42-32(35)33-26)19-27(36)34-16-14-21(15-17-34)30(37)40-5-2/h6-13,18,20-21,29H,4-5,14-17,19H2,1-3H3. The highest BCUT2D eigenvalue weighted by atomic mass is 32.2. The first-order valence-corrected chi connectivity index (χ1v) is 15.1. The van der Waals surface area contributed by atoms with Gasteiger partial charge in [-0.15, -0.1) is 0 Å². The lowest BCUT2D eigenvalue weighted by Gasteiger charge is -2.37. The Bertz CT molecular complexity index is 1430. The van der Waals surface area contributed by atoms with E-state index in [2.05, 4.69) is 0 Å². The zero-order valence-electron chi connectivity index (χ0n) is 24.1. The smallest absolute Gasteiger partial charge is 0.338 e. The number of rotatable bonds is 9. The Morgan fingerprint density at radius 3 is 2.43 bits per heavy atom. The van der Waals surface area contributed by atoms with Gasteiger partial charge in [0.05, 0.1) is 43.4 Å². The fourth-order valence-corrected chi connectivity index (χ4v) is 6.43. The molecular formula is C32H35N3O6S. The Morgan fingerprint density at radius 2 is 1.74 bits per heavy atom. The number of ether oxygens (including phenoxy) is 3. The molecule has 0 radical (unpaired) electrons. The zero-order chi connectivity index (χ0) is 29.6. The van der Waals surface area contributed by atoms with Gasteiger partial charge >= 0.3 is 11.9 Å². The average Bonchev–Trinajstić information content (AvgIpc) is 3.42. The summed E-state index contributed by atoms with van der Waals surface area (Å²) in [7, 11) is 1.37. The van der Waals surface area contributed by atoms with Gasteiger partial charge in [0.25, 0.3) is 0 Å². The van der Waals surface area contributed by atoms with Gasteiger partial charge < -0.3 is 24.0 Å². The number of methoxy groups -OCH3 is 1. The van der Waals surface area contributed by atoms with E-state index < -0.39 is 12.0 Å². The number of fused-ring (bicyclic) bond motifs is 1. The number of benzene rings is 2. The number of aliphatic imine (C=N–C) groups is 1. The van der Waals surface area contributed by atoms with Crippen molar-refractivity contribution in [2.45, 2.75) is 45.6 Å². The molecule has 2 aromatic rings. The number of esters is 2. The highest BCUT2D eigenvalue weighted by Gasteiger charge is 2.42. The lowest BCUT2D eigenvalue weighted by Crippen LogP contribution is -2.42. The van der Waals surface area contributed by atoms with E-state index in [0.717, 1.165) is 11.3 Å². The molecule has 1 amide bonds. The number of amides is 1. The zero-order valence-corrected chi connectivity index (χ0v) is 24.9. The van der Waals surface area contributed by atoms with Gasteiger partial charge in [-0.05, 0) is 61.4 Å². The topological polar surface area (TPSA) is 97.7 Å². The fourth-order valence-electron chi connectivity index (χ4n) is 5.49. The molecule has 42 heavy (non-hydrogen) atoms. The summed E-state index contributed by atoms with van der Waals surface area (Å²) in [5, 5.41) is 2.65. The van der Waals surface area contributed by atoms with Crippen molar-refractivity contribution in [1.29, 1.82) is 0 Å². The van der Waals surface area contributed by atoms with E-state index in [9.17, 15) is 14.4 Å². The summed E-state index contributed by atoms with van der Waals surface area (Å²) in [6.45, 7) is 5.11. The summed E-state index contributed by atoms with van der Waals surface area (Å²) in [5.74, 6) is 0.471. The number of nitrogens with zero attached hydrogens (tertiary/aromatic N) is 3. The number of thioether (sulfide) groups is 1. The van der Waals surface area contributed by atoms with Gasteiger partial charge in [-0.3, -0.25) is 9.59 Å². The molecule has 2 aromatic carbocycles. The van der Waals surface area contributed by atoms with E-state index in [1.165, 1.54) is 18.9 Å². The largest absolute Gasteiger partial charge is 0.466 e. The summed E-state index contributed by atoms with van der Waals surface area (Å²) in [5.41, 5.74) is 2.67. The SMILES string of the molecule is CCOC(=O)C1CCN(C(=O)CC2=CSC3=NC(CC)=C(C(=O)OC)C(c4cccc(Oc5ccccc5)c4)N23)CC1. The number of amidine groups is 1. The molecule has 9 nitrogen and oxygen atoms in total. The van der Waals surface area contributed by atoms with Crippen LogP contribution in [0.1, 0.15) is 51.1 Å². The number of allylic oxidation sites excluding steroid dienone is 1. The second kappa shape index (κ2) is 13.3. The maximum absolute atomic E-state index is 13.5. The molecule has 1 atom stereocenters. The van der Waals surface area contributed by atoms with E-state index in [0.29, 0.717) is 66.9 Å². The third-order valence-corrected chi connectivity index (χ3v) is 8.47. The predicted octanol–water partition coefficient (Wildman–Crippen LogP) is 5.81. The van der Waals surface area contributed by atoms with Gasteiger partial charge in [0.1, 0.15) is 11.5 Å². The molecule has 0 spiro atoms. The van der Waals surface area contributed by atoms with Gasteiger partial charge in [-0.2, -0.15) is 0 Å². The quantitative estimate of drug-likeness (QED) is 0.338. The second-order valence-electron chi connectivity index (χ2n) is 10.2. The van der Waals surface area contributed by atoms with Crippen LogP contribution in [-0.4, -0.2) is 59.6 Å². The Hall–Kier alpha value is -4.05. The first-order chi connectivity index (χ1) is 20.4. The monoisotopic (exact) mass is 589 g/mol. The van der Waals surface area contributed by atoms with Gasteiger partial charge in [0, 0.05) is 18.8 Å². The third-order valence-electron chi connectivity index (χ3n) is 7.58. The molecule has 220 valence electrons. The van der Waals surface area contributed by atoms with Crippen LogP contribution in [0.15, 0.2) is 82.0 Å². The van der Waals surface area contributed by atoms with Crippen molar-refractivity contribution in [2.24, 2.45) is 10.9 Å². The normalized spacial score (nSPS) is 18.7. The number of piperidine rings is 1. The second-order valence-corrected chi connectivity index (χ2v) is 11.0. The van der Waals surface area contributed by atoms with Gasteiger partial charge in [-0.1, -0.05) is 49.0 Å². The molecule has 0 aromatic heterocycles. The first-order valence-electron chi connectivity index (χ1n) is 14.3. The first kappa shape index (κ1) is 29.4. The lowest BCUT2D eigenvalue weighted by molar-refractivity contribution is -0.151. The lowest BCUT2D eigenvalue weighted by atomic mass is 9.92. The number of carbonyl (C=O) groups is 3. The Balaban J connectivity index is 1.41. The van der Waals surface area contributed by atoms with Crippen molar-refractivity contribution in [3.8, 4) is 11.5 Å². The van der Waals surface area contributed by atoms with E-state index in [-0.39, 0.29) is 24.2 Å². The summed E-state index contributed by atoms with van der Waals surface area (Å²) >= 11 is 1.44. The van der Waals surface area contributed by atoms with Crippen molar-refractivity contribution in [2.75, 3.05) is 26.8 Å². The minimum atomic E-state index is -0.553. The molecule has 0 aliphatic carbocycles. The highest BCUT2D eigenvalue weighted by molar-refractivity contribution is 8.16. The molecule has 3 heterocycles. The maximum Gasteiger partial charge on any atom is 0.338 e. The van der Waals surface area contributed by atoms with E-state index in [1.54, 1.807) is 11.8 Å². The minimum absolute atomic E-state index is 0.0322. The van der Waals surface area contributed by atoms with Crippen LogP contribution in [0.4, 0.5) is 0 Å². The van der Waals surface area contributed by atoms with Crippen LogP contribution >= 0.6 is 11.8 Å². The molecular weight excluding hydrogens is 554 g/mol. The van der Waals surface area contributed by atoms with Crippen LogP contribution in [-0.2, 0) is 23.9 Å². The van der Waals surface area contributed by atoms with Crippen molar-refractivity contribution < 1.29 is 28.6 Å². The van der Waals surface area contributed by atoms with Crippen LogP contribution in [0, 0.1) is 5.92 Å². The molecule has 0 bridgehead atoms. The van der Waals surface area contributed by atoms with Crippen LogP contribution in [0.5, 0.6) is 11.5 Å². The van der Waals surface area contributed by atoms with Crippen LogP contribution in [0.2, 0.25) is 0 Å². The number of hydrogen-bond donors (Lipinski definition) is 0. The van der Waals surface area contributed by atoms with E-state index in [1.807, 2.05) is 71.8 Å². The molecule has 10 heteroatoms. The van der Waals surface area contributed by atoms with Crippen LogP contribution in [0.25, 0.3) is 0 Å². The molecule has 5 rings (SSSR count). The van der Waals surface area contributed by atoms with E-state index in [4.69, 9.17) is 19.2 Å². The van der Waals surface area contributed by atoms with Gasteiger partial charge in [0.2, 0.25) is 5.91 Å². The van der Waals surface area contributed by atoms with Gasteiger partial charge in [-0.25, -0.2) is 9.79 Å². The Kier molecular flexibility index (Phi) is 9.31.